The molecule has 0 aliphatic carbocycles. The van der Waals surface area contributed by atoms with Crippen LogP contribution in [0, 0.1) is 0 Å². The second-order valence-electron chi connectivity index (χ2n) is 6.32. The third kappa shape index (κ3) is 4.62. The number of aliphatic hydroxyl groups is 1. The van der Waals surface area contributed by atoms with Gasteiger partial charge in [-0.2, -0.15) is 8.42 Å². The number of hydrogen-bond donors (Lipinski definition) is 4. The Balaban J connectivity index is 0.00000364. The summed E-state index contributed by atoms with van der Waals surface area (Å²) in [7, 11) is -9.49. The molecule has 4 atom stereocenters. The summed E-state index contributed by atoms with van der Waals surface area (Å²) in [5.41, 5.74) is 3.12. The Labute approximate surface area is 182 Å². The summed E-state index contributed by atoms with van der Waals surface area (Å²) in [5.74, 6) is -0.862. The van der Waals surface area contributed by atoms with Crippen molar-refractivity contribution in [2.75, 3.05) is 12.8 Å². The van der Waals surface area contributed by atoms with Crippen LogP contribution in [0.1, 0.15) is 19.8 Å². The second kappa shape index (κ2) is 8.97. The zero-order valence-electron chi connectivity index (χ0n) is 16.1. The normalized spacial score (nSPS) is 22.3. The molecule has 3 unspecified atom stereocenters. The molecule has 2 rings (SSSR count). The van der Waals surface area contributed by atoms with E-state index < -0.39 is 48.0 Å². The van der Waals surface area contributed by atoms with Gasteiger partial charge in [0.05, 0.1) is 12.1 Å². The predicted octanol–water partition coefficient (Wildman–Crippen LogP) is -4.10. The fraction of sp³-hybridized carbons (Fsp3) is 0.533. The molecule has 0 spiro atoms. The third-order valence-electron chi connectivity index (χ3n) is 4.61. The van der Waals surface area contributed by atoms with Gasteiger partial charge in [0, 0.05) is 6.26 Å². The molecule has 1 aliphatic rings. The Morgan fingerprint density at radius 1 is 1.30 bits per heavy atom. The number of sulfone groups is 1. The maximum atomic E-state index is 13.3. The van der Waals surface area contributed by atoms with Gasteiger partial charge >= 0.3 is 29.6 Å². The van der Waals surface area contributed by atoms with Crippen LogP contribution in [0.3, 0.4) is 0 Å². The number of benzene rings is 1. The van der Waals surface area contributed by atoms with Crippen molar-refractivity contribution in [2.45, 2.75) is 35.1 Å². The number of rotatable bonds is 7. The first kappa shape index (κ1) is 24.7. The molecule has 5 N–H and O–H groups in total. The number of hydrogen-bond acceptors (Lipinski definition) is 8. The van der Waals surface area contributed by atoms with E-state index >= 15 is 0 Å². The first-order valence-corrected chi connectivity index (χ1v) is 11.3. The molecular weight excluding hydrogens is 407 g/mol. The van der Waals surface area contributed by atoms with Gasteiger partial charge in [-0.3, -0.25) is 9.35 Å². The predicted molar refractivity (Wildman–Crippen MR) is 95.6 cm³/mol. The fourth-order valence-corrected chi connectivity index (χ4v) is 5.74. The Bertz CT molecular complexity index is 877. The van der Waals surface area contributed by atoms with Crippen LogP contribution >= 0.6 is 0 Å². The minimum absolute atomic E-state index is 0. The molecule has 1 aliphatic heterocycles. The summed E-state index contributed by atoms with van der Waals surface area (Å²) in [6.07, 6.45) is 1.72. The van der Waals surface area contributed by atoms with Gasteiger partial charge in [0.15, 0.2) is 25.8 Å². The summed E-state index contributed by atoms with van der Waals surface area (Å²) in [5, 5.41) is 12.9. The van der Waals surface area contributed by atoms with Gasteiger partial charge in [0.2, 0.25) is 0 Å². The topological polar surface area (TPSA) is 164 Å². The SMILES string of the molecule is CS(=O)(=O)C(C(=O)[C@@H]1CCCN1)(c1ccccc1)C(N)C(O)S(=O)(=O)O.[H-].[Na+]. The summed E-state index contributed by atoms with van der Waals surface area (Å²) in [6.45, 7) is 0.487. The van der Waals surface area contributed by atoms with Crippen LogP contribution in [0.25, 0.3) is 0 Å². The van der Waals surface area contributed by atoms with E-state index in [9.17, 15) is 31.3 Å². The molecule has 1 aromatic rings. The van der Waals surface area contributed by atoms with Crippen LogP contribution in [0.2, 0.25) is 0 Å². The molecule has 9 nitrogen and oxygen atoms in total. The standard InChI is InChI=1S/C15H22N2O7S2.Na.H/c1-25(20,21)15(10-6-3-2-4-7-10,12(16)14(19)26(22,23)24)13(18)11-8-5-9-17-11;;/h2-4,6-7,11-12,14,17,19H,5,8-9,16H2,1H3,(H,22,23,24);;/q;+1;-1/t11-,12?,14?,15?;;/m0../s1. The van der Waals surface area contributed by atoms with E-state index in [-0.39, 0.29) is 36.5 Å². The van der Waals surface area contributed by atoms with Crippen LogP contribution in [-0.4, -0.2) is 62.6 Å². The molecule has 0 aromatic heterocycles. The molecule has 148 valence electrons. The van der Waals surface area contributed by atoms with E-state index in [1.807, 2.05) is 0 Å². The van der Waals surface area contributed by atoms with E-state index in [0.717, 1.165) is 6.26 Å². The Kier molecular flexibility index (Phi) is 8.20. The Hall–Kier alpha value is -0.370. The molecular formula is C15H23N2NaO7S2. The van der Waals surface area contributed by atoms with Gasteiger partial charge in [-0.1, -0.05) is 30.3 Å². The van der Waals surface area contributed by atoms with Gasteiger partial charge < -0.3 is 17.6 Å². The van der Waals surface area contributed by atoms with Gasteiger partial charge in [-0.05, 0) is 24.9 Å². The number of ketones is 1. The number of Topliss-reactive ketones (excluding diaryl/α,β-unsaturated/α-hetero) is 1. The van der Waals surface area contributed by atoms with Crippen molar-refractivity contribution in [3.05, 3.63) is 35.9 Å². The first-order valence-electron chi connectivity index (χ1n) is 7.86. The van der Waals surface area contributed by atoms with E-state index in [1.54, 1.807) is 6.07 Å². The third-order valence-corrected chi connectivity index (χ3v) is 7.39. The Morgan fingerprint density at radius 3 is 2.26 bits per heavy atom. The summed E-state index contributed by atoms with van der Waals surface area (Å²) < 4.78 is 55.1. The maximum absolute atomic E-state index is 13.3. The van der Waals surface area contributed by atoms with E-state index in [2.05, 4.69) is 5.32 Å². The molecule has 0 amide bonds. The van der Waals surface area contributed by atoms with E-state index in [1.165, 1.54) is 24.3 Å². The van der Waals surface area contributed by atoms with Crippen LogP contribution in [0.4, 0.5) is 0 Å². The second-order valence-corrected chi connectivity index (χ2v) is 10.0. The zero-order chi connectivity index (χ0) is 19.8. The Morgan fingerprint density at radius 2 is 1.85 bits per heavy atom. The largest absolute Gasteiger partial charge is 1.00 e. The molecule has 1 fully saturated rings. The van der Waals surface area contributed by atoms with Crippen molar-refractivity contribution < 1.29 is 62.3 Å². The first-order chi connectivity index (χ1) is 11.9. The number of nitrogens with one attached hydrogen (secondary N) is 1. The van der Waals surface area contributed by atoms with Crippen molar-refractivity contribution >= 4 is 25.7 Å². The van der Waals surface area contributed by atoms with Crippen LogP contribution in [0.5, 0.6) is 0 Å². The zero-order valence-corrected chi connectivity index (χ0v) is 18.7. The van der Waals surface area contributed by atoms with Crippen molar-refractivity contribution in [1.29, 1.82) is 0 Å². The van der Waals surface area contributed by atoms with Gasteiger partial charge in [-0.15, -0.1) is 0 Å². The maximum Gasteiger partial charge on any atom is 1.00 e. The molecule has 12 heteroatoms. The molecule has 1 heterocycles. The molecule has 0 bridgehead atoms. The van der Waals surface area contributed by atoms with Crippen molar-refractivity contribution in [3.63, 3.8) is 0 Å². The number of nitrogens with two attached hydrogens (primary N) is 1. The minimum Gasteiger partial charge on any atom is -1.00 e. The van der Waals surface area contributed by atoms with Gasteiger partial charge in [0.1, 0.15) is 0 Å². The summed E-state index contributed by atoms with van der Waals surface area (Å²) in [4.78, 5) is 13.3. The molecule has 1 saturated heterocycles. The molecule has 0 saturated carbocycles. The van der Waals surface area contributed by atoms with Gasteiger partial charge in [-0.25, -0.2) is 8.42 Å². The van der Waals surface area contributed by atoms with Gasteiger partial charge in [0.25, 0.3) is 10.1 Å². The minimum atomic E-state index is -5.12. The van der Waals surface area contributed by atoms with Crippen LogP contribution in [-0.2, 0) is 29.5 Å². The van der Waals surface area contributed by atoms with E-state index in [4.69, 9.17) is 5.73 Å². The summed E-state index contributed by atoms with van der Waals surface area (Å²) in [6, 6.07) is 4.16. The van der Waals surface area contributed by atoms with E-state index in [0.29, 0.717) is 19.4 Å². The quantitative estimate of drug-likeness (QED) is 0.249. The summed E-state index contributed by atoms with van der Waals surface area (Å²) >= 11 is 0. The monoisotopic (exact) mass is 430 g/mol. The van der Waals surface area contributed by atoms with Crippen molar-refractivity contribution in [2.24, 2.45) is 5.73 Å². The fourth-order valence-electron chi connectivity index (χ4n) is 3.38. The number of aliphatic hydroxyl groups excluding tert-OH is 1. The van der Waals surface area contributed by atoms with Crippen LogP contribution < -0.4 is 40.6 Å². The number of carbonyl (C=O) groups is 1. The number of carbonyl (C=O) groups excluding carboxylic acids is 1. The average Bonchev–Trinajstić information content (AvgIpc) is 3.07. The van der Waals surface area contributed by atoms with Crippen molar-refractivity contribution in [1.82, 2.24) is 5.32 Å². The van der Waals surface area contributed by atoms with Crippen molar-refractivity contribution in [3.8, 4) is 0 Å². The average molecular weight is 430 g/mol. The molecule has 27 heavy (non-hydrogen) atoms. The molecule has 1 aromatic carbocycles. The molecule has 0 radical (unpaired) electrons. The van der Waals surface area contributed by atoms with Crippen LogP contribution in [0.15, 0.2) is 30.3 Å². The smallest absolute Gasteiger partial charge is 1.00 e.